The predicted octanol–water partition coefficient (Wildman–Crippen LogP) is 4.86. The number of benzene rings is 2. The number of carbonyl (C=O) groups is 1. The molecule has 4 nitrogen and oxygen atoms in total. The monoisotopic (exact) mass is 480 g/mol. The van der Waals surface area contributed by atoms with Gasteiger partial charge in [-0.1, -0.05) is 30.3 Å². The quantitative estimate of drug-likeness (QED) is 0.453. The van der Waals surface area contributed by atoms with Gasteiger partial charge in [0.05, 0.1) is 13.2 Å². The van der Waals surface area contributed by atoms with Crippen LogP contribution < -0.4 is 9.64 Å². The zero-order chi connectivity index (χ0) is 22.6. The Morgan fingerprint density at radius 1 is 0.848 bits per heavy atom. The van der Waals surface area contributed by atoms with E-state index in [4.69, 9.17) is 4.74 Å². The Labute approximate surface area is 210 Å². The van der Waals surface area contributed by atoms with Gasteiger partial charge in [0.2, 0.25) is 5.91 Å². The number of ether oxygens (including phenoxy) is 1. The molecule has 3 fully saturated rings. The van der Waals surface area contributed by atoms with Crippen LogP contribution in [0, 0.1) is 63.8 Å². The van der Waals surface area contributed by atoms with E-state index in [1.165, 1.54) is 0 Å². The van der Waals surface area contributed by atoms with E-state index in [1.807, 2.05) is 119 Å². The summed E-state index contributed by atoms with van der Waals surface area (Å²) in [6, 6.07) is 18.8. The minimum Gasteiger partial charge on any atom is -0.497 e. The number of hydrogen-bond donors (Lipinski definition) is 0. The Hall–Kier alpha value is -1.81. The molecule has 10 radical (unpaired) electrons. The van der Waals surface area contributed by atoms with Crippen molar-refractivity contribution in [1.82, 2.24) is 4.90 Å². The molecule has 2 aliphatic carbocycles. The average molecular weight is 480 g/mol. The van der Waals surface area contributed by atoms with Gasteiger partial charge in [-0.05, 0) is 102 Å². The van der Waals surface area contributed by atoms with Crippen LogP contribution in [0.25, 0.3) is 0 Å². The molecule has 1 saturated heterocycles. The van der Waals surface area contributed by atoms with Gasteiger partial charge in [0, 0.05) is 11.7 Å². The van der Waals surface area contributed by atoms with Crippen LogP contribution in [-0.2, 0) is 21.9 Å². The molecular weight excluding hydrogens is 452 g/mol. The molecule has 0 spiro atoms. The predicted molar refractivity (Wildman–Crippen MR) is 128 cm³/mol. The van der Waals surface area contributed by atoms with Crippen LogP contribution in [0.2, 0.25) is 0 Å². The minimum atomic E-state index is -0.657. The Balaban J connectivity index is 0.000000453. The third-order valence-electron chi connectivity index (χ3n) is 6.19. The number of methoxy groups -OCH3 is 1. The maximum Gasteiger partial charge on any atom is 2.00 e. The summed E-state index contributed by atoms with van der Waals surface area (Å²) in [5.41, 5.74) is 1.34. The van der Waals surface area contributed by atoms with Gasteiger partial charge >= 0.3 is 17.1 Å². The van der Waals surface area contributed by atoms with Crippen LogP contribution >= 0.6 is 0 Å². The van der Waals surface area contributed by atoms with E-state index in [-0.39, 0.29) is 29.0 Å². The van der Waals surface area contributed by atoms with Crippen molar-refractivity contribution in [3.63, 3.8) is 0 Å². The van der Waals surface area contributed by atoms with Crippen LogP contribution in [0.1, 0.15) is 18.5 Å². The van der Waals surface area contributed by atoms with Crippen molar-refractivity contribution in [1.29, 1.82) is 0 Å². The number of hydrogen-bond acceptors (Lipinski definition) is 3. The second kappa shape index (κ2) is 11.6. The van der Waals surface area contributed by atoms with Crippen molar-refractivity contribution >= 4 is 11.6 Å². The maximum atomic E-state index is 13.4. The number of rotatable bonds is 5. The molecule has 2 aromatic carbocycles. The molecule has 2 aromatic rings. The number of amides is 1. The Bertz CT molecular complexity index is 871. The number of anilines is 1. The summed E-state index contributed by atoms with van der Waals surface area (Å²) in [4.78, 5) is 17.4. The van der Waals surface area contributed by atoms with Crippen molar-refractivity contribution in [2.45, 2.75) is 18.5 Å². The molecule has 0 N–H and O–H groups in total. The van der Waals surface area contributed by atoms with Crippen LogP contribution in [0.3, 0.4) is 0 Å². The number of likely N-dealkylation sites (N-methyl/N-ethyl adjacent to an activating group) is 1. The molecule has 5 rings (SSSR count). The molecule has 1 aliphatic heterocycles. The number of carbonyl (C=O) groups excluding carboxylic acids is 1. The standard InChI is InChI=1S/C23H23N2O2.C5H5.Fe/c1-23(24(2)18-11-7-8-12-18)21(17-9-5-4-6-10-17)25(22(23)26)19-13-15-20(27-3)16-14-19;1-2-4-5-3-1;/h4-16,21H,1-3H3;1-5H;/q;;+2/t21-,23+;;/m1../s1. The first-order chi connectivity index (χ1) is 15.6. The average Bonchev–Trinajstić information content (AvgIpc) is 3.59. The Kier molecular flexibility index (Phi) is 9.03. The molecule has 0 bridgehead atoms. The van der Waals surface area contributed by atoms with Gasteiger partial charge in [-0.15, -0.1) is 0 Å². The summed E-state index contributed by atoms with van der Waals surface area (Å²) >= 11 is 0. The zero-order valence-corrected chi connectivity index (χ0v) is 20.1. The van der Waals surface area contributed by atoms with Gasteiger partial charge in [-0.25, -0.2) is 0 Å². The molecule has 0 aromatic heterocycles. The summed E-state index contributed by atoms with van der Waals surface area (Å²) in [5.74, 6) is 0.866. The molecule has 5 heteroatoms. The maximum absolute atomic E-state index is 13.4. The van der Waals surface area contributed by atoms with E-state index < -0.39 is 5.54 Å². The molecule has 0 unspecified atom stereocenters. The number of nitrogens with zero attached hydrogens (tertiary/aromatic N) is 2. The van der Waals surface area contributed by atoms with Crippen LogP contribution in [0.15, 0.2) is 54.6 Å². The fourth-order valence-corrected chi connectivity index (χ4v) is 4.28. The zero-order valence-electron chi connectivity index (χ0n) is 19.0. The first kappa shape index (κ1) is 25.8. The van der Waals surface area contributed by atoms with Crippen molar-refractivity contribution in [3.8, 4) is 5.75 Å². The first-order valence-electron chi connectivity index (χ1n) is 10.7. The summed E-state index contributed by atoms with van der Waals surface area (Å²) in [7, 11) is 3.64. The molecule has 3 aliphatic rings. The van der Waals surface area contributed by atoms with Crippen LogP contribution in [0.5, 0.6) is 5.75 Å². The van der Waals surface area contributed by atoms with Gasteiger partial charge < -0.3 is 9.64 Å². The van der Waals surface area contributed by atoms with Crippen LogP contribution in [0.4, 0.5) is 5.69 Å². The van der Waals surface area contributed by atoms with Crippen LogP contribution in [-0.4, -0.2) is 30.5 Å². The number of β-lactam (4-membered cyclic amide) rings is 1. The third-order valence-corrected chi connectivity index (χ3v) is 6.19. The van der Waals surface area contributed by atoms with E-state index in [2.05, 4.69) is 17.0 Å². The fourth-order valence-electron chi connectivity index (χ4n) is 4.28. The SMILES string of the molecule is COc1ccc(N2C(=O)[C@@](C)(N(C)[C]3[CH][CH][CH][CH]3)[C@H]2c2ccccc2)cc1.[CH]1[CH][CH][CH][CH]1.[Fe+2]. The summed E-state index contributed by atoms with van der Waals surface area (Å²) in [6.07, 6.45) is 18.1. The van der Waals surface area contributed by atoms with E-state index >= 15 is 0 Å². The van der Waals surface area contributed by atoms with E-state index in [1.54, 1.807) is 7.11 Å². The Morgan fingerprint density at radius 3 is 1.91 bits per heavy atom. The van der Waals surface area contributed by atoms with Gasteiger partial charge in [0.1, 0.15) is 11.3 Å². The second-order valence-electron chi connectivity index (χ2n) is 8.00. The van der Waals surface area contributed by atoms with Crippen molar-refractivity contribution < 1.29 is 26.6 Å². The summed E-state index contributed by atoms with van der Waals surface area (Å²) in [6.45, 7) is 2.03. The second-order valence-corrected chi connectivity index (χ2v) is 8.00. The molecule has 1 heterocycles. The van der Waals surface area contributed by atoms with E-state index in [9.17, 15) is 4.79 Å². The van der Waals surface area contributed by atoms with E-state index in [0.717, 1.165) is 23.0 Å². The molecule has 168 valence electrons. The third kappa shape index (κ3) is 5.16. The molecule has 1 amide bonds. The fraction of sp³-hybridized carbons (Fsp3) is 0.179. The molecule has 33 heavy (non-hydrogen) atoms. The van der Waals surface area contributed by atoms with E-state index in [0.29, 0.717) is 0 Å². The smallest absolute Gasteiger partial charge is 0.497 e. The first-order valence-corrected chi connectivity index (χ1v) is 10.7. The Morgan fingerprint density at radius 2 is 1.39 bits per heavy atom. The van der Waals surface area contributed by atoms with Gasteiger partial charge in [-0.3, -0.25) is 9.69 Å². The normalized spacial score (nSPS) is 24.7. The minimum absolute atomic E-state index is 0. The largest absolute Gasteiger partial charge is 2.00 e. The summed E-state index contributed by atoms with van der Waals surface area (Å²) in [5, 5.41) is 0. The van der Waals surface area contributed by atoms with Crippen molar-refractivity contribution in [3.05, 3.63) is 124 Å². The van der Waals surface area contributed by atoms with Gasteiger partial charge in [-0.2, -0.15) is 0 Å². The molecular formula is C28H28FeN2O2+2. The molecule has 2 saturated carbocycles. The molecule has 2 atom stereocenters. The van der Waals surface area contributed by atoms with Crippen molar-refractivity contribution in [2.75, 3.05) is 19.1 Å². The van der Waals surface area contributed by atoms with Crippen molar-refractivity contribution in [2.24, 2.45) is 0 Å². The van der Waals surface area contributed by atoms with Gasteiger partial charge in [0.15, 0.2) is 0 Å². The summed E-state index contributed by atoms with van der Waals surface area (Å²) < 4.78 is 5.26. The van der Waals surface area contributed by atoms with Gasteiger partial charge in [0.25, 0.3) is 0 Å². The topological polar surface area (TPSA) is 32.8 Å².